The van der Waals surface area contributed by atoms with Gasteiger partial charge in [0.1, 0.15) is 0 Å². The first-order valence-electron chi connectivity index (χ1n) is 3.59. The second-order valence-corrected chi connectivity index (χ2v) is 1.86. The standard InChI is InChI=1S/C8H8O2.3CO.Cr/c1-10-8(9)7-5-3-2-4-6-7;3*1-2;/h2-6H,1H3;;;;/q;;;;+6. The number of methoxy groups -OCH3 is 1. The minimum Gasteiger partial charge on any atom is 6.00 e. The van der Waals surface area contributed by atoms with Crippen molar-refractivity contribution in [1.29, 1.82) is 0 Å². The van der Waals surface area contributed by atoms with Crippen molar-refractivity contribution in [2.75, 3.05) is 7.11 Å². The fourth-order valence-electron chi connectivity index (χ4n) is 0.692. The van der Waals surface area contributed by atoms with E-state index in [1.807, 2.05) is 6.07 Å². The SMILES string of the molecule is COC(=O)c1ccccc1.[C-]#[O+].[C-]#[O+].[C-]#[O+].[Cr+6]. The third-order valence-electron chi connectivity index (χ3n) is 1.19. The summed E-state index contributed by atoms with van der Waals surface area (Å²) in [5.74, 6) is -0.291. The van der Waals surface area contributed by atoms with Crippen molar-refractivity contribution < 1.29 is 40.8 Å². The van der Waals surface area contributed by atoms with Crippen molar-refractivity contribution in [3.8, 4) is 0 Å². The van der Waals surface area contributed by atoms with Gasteiger partial charge in [-0.3, -0.25) is 0 Å². The molecule has 0 heterocycles. The Morgan fingerprint density at radius 3 is 1.65 bits per heavy atom. The summed E-state index contributed by atoms with van der Waals surface area (Å²) in [5, 5.41) is 0. The summed E-state index contributed by atoms with van der Waals surface area (Å²) in [4.78, 5) is 10.8. The van der Waals surface area contributed by atoms with Crippen molar-refractivity contribution in [2.24, 2.45) is 0 Å². The Kier molecular flexibility index (Phi) is 34.6. The van der Waals surface area contributed by atoms with Crippen LogP contribution in [-0.2, 0) is 36.1 Å². The Balaban J connectivity index is -0.000000106. The molecule has 0 saturated carbocycles. The van der Waals surface area contributed by atoms with Gasteiger partial charge < -0.3 is 4.74 Å². The number of esters is 1. The first kappa shape index (κ1) is 24.6. The molecule has 1 rings (SSSR count). The zero-order valence-electron chi connectivity index (χ0n) is 8.84. The maximum Gasteiger partial charge on any atom is 6.00 e. The van der Waals surface area contributed by atoms with E-state index in [-0.39, 0.29) is 23.3 Å². The largest absolute Gasteiger partial charge is 6.00 e. The van der Waals surface area contributed by atoms with Crippen molar-refractivity contribution in [1.82, 2.24) is 0 Å². The Labute approximate surface area is 110 Å². The molecule has 1 aromatic carbocycles. The molecule has 0 N–H and O–H groups in total. The van der Waals surface area contributed by atoms with Gasteiger partial charge in [-0.15, -0.1) is 0 Å². The molecule has 0 amide bonds. The molecule has 0 bridgehead atoms. The van der Waals surface area contributed by atoms with Crippen molar-refractivity contribution >= 4 is 5.97 Å². The van der Waals surface area contributed by atoms with E-state index in [0.29, 0.717) is 5.56 Å². The summed E-state index contributed by atoms with van der Waals surface area (Å²) < 4.78 is 27.0. The molecule has 0 aromatic heterocycles. The topological polar surface area (TPSA) is 86.0 Å². The predicted molar refractivity (Wildman–Crippen MR) is 49.6 cm³/mol. The van der Waals surface area contributed by atoms with Crippen LogP contribution >= 0.6 is 0 Å². The van der Waals surface area contributed by atoms with Gasteiger partial charge in [0.15, 0.2) is 0 Å². The average Bonchev–Trinajstić information content (AvgIpc) is 2.45. The van der Waals surface area contributed by atoms with Gasteiger partial charge in [-0.05, 0) is 12.1 Å². The molecular weight excluding hydrogens is 264 g/mol. The number of hydrogen-bond acceptors (Lipinski definition) is 2. The molecule has 0 fully saturated rings. The van der Waals surface area contributed by atoms with Crippen LogP contribution in [0.2, 0.25) is 0 Å². The quantitative estimate of drug-likeness (QED) is 0.439. The van der Waals surface area contributed by atoms with Crippen LogP contribution in [0.1, 0.15) is 10.4 Å². The zero-order chi connectivity index (χ0) is 13.4. The van der Waals surface area contributed by atoms with Gasteiger partial charge in [-0.2, -0.15) is 0 Å². The van der Waals surface area contributed by atoms with E-state index >= 15 is 0 Å². The van der Waals surface area contributed by atoms with E-state index in [4.69, 9.17) is 14.0 Å². The zero-order valence-corrected chi connectivity index (χ0v) is 10.1. The fourth-order valence-corrected chi connectivity index (χ4v) is 0.692. The second kappa shape index (κ2) is 23.9. The Hall–Kier alpha value is -1.56. The van der Waals surface area contributed by atoms with Gasteiger partial charge in [0.05, 0.1) is 12.7 Å². The summed E-state index contributed by atoms with van der Waals surface area (Å²) in [6.07, 6.45) is 0. The third kappa shape index (κ3) is 14.4. The maximum absolute atomic E-state index is 10.8. The summed E-state index contributed by atoms with van der Waals surface area (Å²) in [5.41, 5.74) is 0.588. The summed E-state index contributed by atoms with van der Waals surface area (Å²) in [6.45, 7) is 13.5. The normalized spacial score (nSPS) is 5.59. The molecule has 0 aliphatic rings. The summed E-state index contributed by atoms with van der Waals surface area (Å²) in [6, 6.07) is 8.88. The monoisotopic (exact) mass is 272 g/mol. The Morgan fingerprint density at radius 2 is 1.35 bits per heavy atom. The van der Waals surface area contributed by atoms with E-state index in [0.717, 1.165) is 0 Å². The molecule has 17 heavy (non-hydrogen) atoms. The molecular formula is C11H8CrO5+6. The minimum atomic E-state index is -0.291. The molecule has 0 radical (unpaired) electrons. The van der Waals surface area contributed by atoms with Crippen molar-refractivity contribution in [2.45, 2.75) is 0 Å². The average molecular weight is 272 g/mol. The van der Waals surface area contributed by atoms with Crippen LogP contribution in [0.3, 0.4) is 0 Å². The van der Waals surface area contributed by atoms with Crippen LogP contribution in [0.5, 0.6) is 0 Å². The minimum absolute atomic E-state index is 0. The van der Waals surface area contributed by atoms with E-state index in [2.05, 4.69) is 24.7 Å². The van der Waals surface area contributed by atoms with Crippen LogP contribution < -0.4 is 0 Å². The van der Waals surface area contributed by atoms with Crippen LogP contribution in [0.4, 0.5) is 0 Å². The van der Waals surface area contributed by atoms with Crippen LogP contribution in [0.25, 0.3) is 0 Å². The second-order valence-electron chi connectivity index (χ2n) is 1.86. The number of hydrogen-bond donors (Lipinski definition) is 0. The van der Waals surface area contributed by atoms with Gasteiger partial charge in [0, 0.05) is 0 Å². The van der Waals surface area contributed by atoms with Crippen molar-refractivity contribution in [3.05, 3.63) is 55.8 Å². The molecule has 0 aliphatic heterocycles. The van der Waals surface area contributed by atoms with E-state index in [1.165, 1.54) is 7.11 Å². The van der Waals surface area contributed by atoms with Crippen LogP contribution in [0.15, 0.2) is 30.3 Å². The number of benzene rings is 1. The maximum atomic E-state index is 10.8. The molecule has 0 aliphatic carbocycles. The molecule has 0 spiro atoms. The number of carbonyl (C=O) groups excluding carboxylic acids is 1. The fraction of sp³-hybridized carbons (Fsp3) is 0.0909. The van der Waals surface area contributed by atoms with Crippen LogP contribution in [-0.4, -0.2) is 13.1 Å². The number of carbonyl (C=O) groups is 1. The summed E-state index contributed by atoms with van der Waals surface area (Å²) >= 11 is 0. The third-order valence-corrected chi connectivity index (χ3v) is 1.19. The smallest absolute Gasteiger partial charge is 6.00 e. The van der Waals surface area contributed by atoms with E-state index in [9.17, 15) is 4.79 Å². The predicted octanol–water partition coefficient (Wildman–Crippen LogP) is 1.36. The van der Waals surface area contributed by atoms with Gasteiger partial charge >= 0.3 is 57.2 Å². The molecule has 6 heteroatoms. The van der Waals surface area contributed by atoms with Gasteiger partial charge in [-0.25, -0.2) is 4.79 Å². The molecule has 1 aromatic rings. The van der Waals surface area contributed by atoms with Gasteiger partial charge in [-0.1, -0.05) is 18.2 Å². The molecule has 0 unspecified atom stereocenters. The molecule has 0 atom stereocenters. The molecule has 0 saturated heterocycles. The van der Waals surface area contributed by atoms with Gasteiger partial charge in [0.2, 0.25) is 0 Å². The molecule has 82 valence electrons. The summed E-state index contributed by atoms with van der Waals surface area (Å²) in [7, 11) is 1.37. The van der Waals surface area contributed by atoms with E-state index < -0.39 is 0 Å². The first-order chi connectivity index (χ1) is 7.84. The van der Waals surface area contributed by atoms with E-state index in [1.54, 1.807) is 24.3 Å². The Bertz CT molecular complexity index is 314. The number of ether oxygens (including phenoxy) is 1. The molecule has 5 nitrogen and oxygen atoms in total. The van der Waals surface area contributed by atoms with Crippen LogP contribution in [0, 0.1) is 20.0 Å². The van der Waals surface area contributed by atoms with Crippen molar-refractivity contribution in [3.63, 3.8) is 0 Å². The number of rotatable bonds is 1. The van der Waals surface area contributed by atoms with Gasteiger partial charge in [0.25, 0.3) is 0 Å². The Morgan fingerprint density at radius 1 is 1.00 bits per heavy atom. The first-order valence-corrected chi connectivity index (χ1v) is 3.59.